The molecule has 0 atom stereocenters. The maximum absolute atomic E-state index is 6.80. The highest BCUT2D eigenvalue weighted by Crippen LogP contribution is 2.62. The van der Waals surface area contributed by atoms with E-state index in [-0.39, 0.29) is 0 Å². The summed E-state index contributed by atoms with van der Waals surface area (Å²) in [6, 6.07) is 150. The van der Waals surface area contributed by atoms with Crippen LogP contribution in [-0.4, -0.2) is 17.1 Å². The van der Waals surface area contributed by atoms with Crippen molar-refractivity contribution in [3.63, 3.8) is 0 Å². The molecule has 6 saturated carbocycles. The summed E-state index contributed by atoms with van der Waals surface area (Å²) in [7, 11) is 0. The molecule has 11 heteroatoms. The van der Waals surface area contributed by atoms with E-state index in [9.17, 15) is 0 Å². The number of furan rings is 6. The Morgan fingerprint density at radius 2 is 0.601 bits per heavy atom. The molecular formula is C137H106N4O7. The average Bonchev–Trinajstić information content (AvgIpc) is 1.45. The Labute approximate surface area is 856 Å². The highest BCUT2D eigenvalue weighted by atomic mass is 16.5. The fourth-order valence-corrected chi connectivity index (χ4v) is 27.3. The van der Waals surface area contributed by atoms with Crippen molar-refractivity contribution in [1.29, 1.82) is 0 Å². The second-order valence-electron chi connectivity index (χ2n) is 42.1. The molecule has 7 heterocycles. The molecule has 32 rings (SSSR count). The summed E-state index contributed by atoms with van der Waals surface area (Å²) in [4.78, 5) is 11.9. The zero-order chi connectivity index (χ0) is 97.4. The monoisotopic (exact) mass is 1920 g/mol. The summed E-state index contributed by atoms with van der Waals surface area (Å²) in [5.41, 5.74) is 27.3. The molecule has 0 radical (unpaired) electrons. The van der Waals surface area contributed by atoms with E-state index in [4.69, 9.17) is 31.2 Å². The summed E-state index contributed by atoms with van der Waals surface area (Å²) >= 11 is 0. The van der Waals surface area contributed by atoms with Gasteiger partial charge in [-0.25, -0.2) is 0 Å². The third-order valence-electron chi connectivity index (χ3n) is 33.6. The molecule has 6 aliphatic carbocycles. The molecule has 148 heavy (non-hydrogen) atoms. The Morgan fingerprint density at radius 1 is 0.250 bits per heavy atom. The Balaban J connectivity index is 0.000000106. The van der Waals surface area contributed by atoms with Crippen LogP contribution in [0.1, 0.15) is 118 Å². The van der Waals surface area contributed by atoms with Gasteiger partial charge in [-0.05, 0) is 313 Å². The van der Waals surface area contributed by atoms with Gasteiger partial charge >= 0.3 is 0 Å². The topological polar surface area (TPSA) is 111 Å². The van der Waals surface area contributed by atoms with Gasteiger partial charge in [0.15, 0.2) is 33.5 Å². The van der Waals surface area contributed by atoms with Crippen LogP contribution in [0.3, 0.4) is 0 Å². The fraction of sp³-hybridized carbons (Fsp3) is 0.161. The molecule has 0 amide bonds. The van der Waals surface area contributed by atoms with Crippen LogP contribution in [0.15, 0.2) is 457 Å². The minimum absolute atomic E-state index is 0.327. The number of anilines is 7. The molecule has 7 aromatic heterocycles. The van der Waals surface area contributed by atoms with Crippen molar-refractivity contribution in [3.05, 3.63) is 448 Å². The molecule has 0 N–H and O–H groups in total. The Kier molecular flexibility index (Phi) is 21.4. The standard InChI is InChI=1S/C54H41NO2.C42H39NO2.C41H26N2O3/c1-2-12-39-36(10-1)11-9-17-40(39)42-24-25-47(43-14-4-3-13-41(42)43)55(38-22-20-37(21-23-38)54-30-33-26-34(31-54)28-35(27-33)32-54)48-29-46-44-15-5-7-18-49(44)56-52(46)53-51(48)45-16-6-8-19-50(45)57-53;1-3-11-28(12-4-1)30-19-23-32(24-20-30)43(33-25-21-31(22-26-33)29-13-5-2-6-14-29)37-27-36-34-15-7-9-17-38(34)44-41(36)42-40(37)35-16-8-10-18-39(35)45-42;1-2-8-31(9-3-1)44-32-20-18-30(19-21-32)43(29-16-14-27(15-17-29)28-22-24-42-25-23-28)36-26-35-33-10-4-6-12-37(33)45-40(35)41-39(36)34-11-5-7-13-38(34)46-41/h1-25,29,33-35H,26-28,30-32H2;1-18,27,30-33H,19-26H2;1-26H. The van der Waals surface area contributed by atoms with Crippen LogP contribution in [0.5, 0.6) is 11.5 Å². The summed E-state index contributed by atoms with van der Waals surface area (Å²) in [6.07, 6.45) is 21.8. The van der Waals surface area contributed by atoms with Crippen LogP contribution >= 0.6 is 0 Å². The van der Waals surface area contributed by atoms with E-state index < -0.39 is 0 Å². The third kappa shape index (κ3) is 15.2. The quantitative estimate of drug-likeness (QED) is 0.0922. The number of para-hydroxylation sites is 7. The van der Waals surface area contributed by atoms with Crippen LogP contribution in [0.2, 0.25) is 0 Å². The predicted octanol–water partition coefficient (Wildman–Crippen LogP) is 39.0. The minimum atomic E-state index is 0.327. The predicted molar refractivity (Wildman–Crippen MR) is 608 cm³/mol. The zero-order valence-electron chi connectivity index (χ0n) is 82.1. The van der Waals surface area contributed by atoms with Gasteiger partial charge in [0.25, 0.3) is 0 Å². The van der Waals surface area contributed by atoms with Crippen molar-refractivity contribution in [2.75, 3.05) is 14.7 Å². The maximum atomic E-state index is 6.80. The summed E-state index contributed by atoms with van der Waals surface area (Å²) in [6.45, 7) is 0. The van der Waals surface area contributed by atoms with E-state index in [1.165, 1.54) is 156 Å². The lowest BCUT2D eigenvalue weighted by Crippen LogP contribution is -2.48. The van der Waals surface area contributed by atoms with Gasteiger partial charge in [-0.15, -0.1) is 0 Å². The fourth-order valence-electron chi connectivity index (χ4n) is 27.3. The molecule has 0 aliphatic heterocycles. The second kappa shape index (κ2) is 36.3. The van der Waals surface area contributed by atoms with Crippen LogP contribution in [0, 0.1) is 17.8 Å². The molecule has 6 fully saturated rings. The van der Waals surface area contributed by atoms with E-state index in [2.05, 4.69) is 341 Å². The first kappa shape index (κ1) is 87.4. The number of hydrogen-bond donors (Lipinski definition) is 0. The molecule has 26 aromatic rings. The summed E-state index contributed by atoms with van der Waals surface area (Å²) in [5, 5.41) is 18.0. The van der Waals surface area contributed by atoms with E-state index >= 15 is 0 Å². The lowest BCUT2D eigenvalue weighted by Gasteiger charge is -2.57. The second-order valence-corrected chi connectivity index (χ2v) is 42.1. The number of pyridine rings is 1. The Hall–Kier alpha value is -17.2. The number of aromatic nitrogens is 1. The molecule has 0 saturated heterocycles. The Bertz CT molecular complexity index is 9440. The van der Waals surface area contributed by atoms with E-state index in [0.29, 0.717) is 29.3 Å². The van der Waals surface area contributed by atoms with E-state index in [1.807, 2.05) is 109 Å². The van der Waals surface area contributed by atoms with Crippen molar-refractivity contribution >= 4 is 193 Å². The molecule has 0 spiro atoms. The van der Waals surface area contributed by atoms with Gasteiger partial charge < -0.3 is 45.9 Å². The first-order valence-corrected chi connectivity index (χ1v) is 53.0. The van der Waals surface area contributed by atoms with Crippen LogP contribution in [-0.2, 0) is 5.41 Å². The molecule has 716 valence electrons. The van der Waals surface area contributed by atoms with Crippen LogP contribution in [0.4, 0.5) is 39.8 Å². The molecule has 6 aliphatic rings. The van der Waals surface area contributed by atoms with Gasteiger partial charge in [-0.1, -0.05) is 285 Å². The van der Waals surface area contributed by atoms with Crippen molar-refractivity contribution in [3.8, 4) is 33.8 Å². The highest BCUT2D eigenvalue weighted by molar-refractivity contribution is 6.28. The van der Waals surface area contributed by atoms with Crippen LogP contribution in [0.25, 0.3) is 175 Å². The van der Waals surface area contributed by atoms with Crippen molar-refractivity contribution < 1.29 is 31.2 Å². The lowest BCUT2D eigenvalue weighted by atomic mass is 9.48. The smallest absolute Gasteiger partial charge is 0.180 e. The minimum Gasteiger partial charge on any atom is -0.457 e. The molecule has 11 nitrogen and oxygen atoms in total. The highest BCUT2D eigenvalue weighted by Gasteiger charge is 2.52. The molecule has 0 unspecified atom stereocenters. The zero-order valence-corrected chi connectivity index (χ0v) is 82.1. The van der Waals surface area contributed by atoms with Gasteiger partial charge in [0.1, 0.15) is 45.0 Å². The van der Waals surface area contributed by atoms with Gasteiger partial charge in [0.05, 0.1) is 33.2 Å². The van der Waals surface area contributed by atoms with Gasteiger partial charge in [0.2, 0.25) is 0 Å². The largest absolute Gasteiger partial charge is 0.457 e. The van der Waals surface area contributed by atoms with Crippen molar-refractivity contribution in [1.82, 2.24) is 4.98 Å². The maximum Gasteiger partial charge on any atom is 0.180 e. The third-order valence-corrected chi connectivity index (χ3v) is 33.6. The number of rotatable bonds is 16. The average molecular weight is 1920 g/mol. The van der Waals surface area contributed by atoms with Gasteiger partial charge in [-0.3, -0.25) is 4.98 Å². The van der Waals surface area contributed by atoms with Gasteiger partial charge in [-0.2, -0.15) is 0 Å². The molecule has 4 bridgehead atoms. The normalized spacial score (nSPS) is 18.7. The van der Waals surface area contributed by atoms with E-state index in [1.54, 1.807) is 0 Å². The first-order valence-electron chi connectivity index (χ1n) is 53.0. The lowest BCUT2D eigenvalue weighted by molar-refractivity contribution is -0.00518. The van der Waals surface area contributed by atoms with Crippen molar-refractivity contribution in [2.24, 2.45) is 17.8 Å². The molecule has 19 aromatic carbocycles. The SMILES string of the molecule is c1ccc(C2CCC(N(c3cc4c5ccccc5oc4c4oc5ccccc5c34)C3CCC(c4ccccc4)CC3)CC2)cc1.c1ccc(Oc2ccc(N(c3ccc(-c4ccncc4)cc3)c3cc4c5ccccc5oc4c4oc5ccccc5c34)cc2)cc1.c1ccc2c(-c3ccc(N(c4ccc(C56CC7CC(CC(C7)C5)C6)cc4)c4cc5c6ccccc6oc5c5oc6ccccc6c45)c4ccccc34)cccc2c1. The number of ether oxygens (including phenoxy) is 1. The van der Waals surface area contributed by atoms with Crippen molar-refractivity contribution in [2.45, 2.75) is 119 Å². The first-order chi connectivity index (χ1) is 73.3. The number of benzene rings is 19. The molecular weight excluding hydrogens is 1810 g/mol. The van der Waals surface area contributed by atoms with Crippen LogP contribution < -0.4 is 19.4 Å². The number of nitrogens with zero attached hydrogens (tertiary/aromatic N) is 4. The summed E-state index contributed by atoms with van der Waals surface area (Å²) < 4.78 is 45.8. The van der Waals surface area contributed by atoms with E-state index in [0.717, 1.165) is 195 Å². The number of hydrogen-bond acceptors (Lipinski definition) is 11. The number of fused-ring (bicyclic) bond motifs is 23. The Morgan fingerprint density at radius 3 is 1.09 bits per heavy atom. The van der Waals surface area contributed by atoms with Gasteiger partial charge in [0, 0.05) is 101 Å². The summed E-state index contributed by atoms with van der Waals surface area (Å²) in [5.74, 6) is 5.55.